The van der Waals surface area contributed by atoms with E-state index >= 15 is 0 Å². The third-order valence-corrected chi connectivity index (χ3v) is 4.75. The minimum absolute atomic E-state index is 0.0489. The van der Waals surface area contributed by atoms with Crippen molar-refractivity contribution in [3.8, 4) is 27.8 Å². The summed E-state index contributed by atoms with van der Waals surface area (Å²) in [6.45, 7) is 3.92. The number of benzene rings is 2. The molecule has 0 saturated carbocycles. The van der Waals surface area contributed by atoms with Crippen LogP contribution in [0, 0.1) is 0 Å². The number of ether oxygens (including phenoxy) is 3. The second kappa shape index (κ2) is 8.75. The Balaban J connectivity index is 1.76. The number of methoxy groups -OCH3 is 2. The summed E-state index contributed by atoms with van der Waals surface area (Å²) in [5, 5.41) is 5.30. The molecule has 1 heterocycles. The Morgan fingerprint density at radius 3 is 2.43 bits per heavy atom. The number of amides is 1. The van der Waals surface area contributed by atoms with Gasteiger partial charge < -0.3 is 19.5 Å². The molecule has 3 rings (SSSR count). The molecule has 6 nitrogen and oxygen atoms in total. The first-order valence-electron chi connectivity index (χ1n) is 8.76. The Bertz CT molecular complexity index is 951. The number of hydrogen-bond donors (Lipinski definition) is 1. The van der Waals surface area contributed by atoms with E-state index in [0.29, 0.717) is 22.9 Å². The van der Waals surface area contributed by atoms with Crippen LogP contribution in [0.4, 0.5) is 5.69 Å². The van der Waals surface area contributed by atoms with Crippen LogP contribution >= 0.6 is 11.3 Å². The maximum Gasteiger partial charge on any atom is 0.275 e. The molecule has 0 spiro atoms. The van der Waals surface area contributed by atoms with E-state index in [1.54, 1.807) is 43.9 Å². The van der Waals surface area contributed by atoms with Crippen LogP contribution in [0.1, 0.15) is 24.3 Å². The predicted molar refractivity (Wildman–Crippen MR) is 111 cm³/mol. The fourth-order valence-corrected chi connectivity index (χ4v) is 3.33. The number of nitrogens with zero attached hydrogens (tertiary/aromatic N) is 1. The lowest BCUT2D eigenvalue weighted by Gasteiger charge is -2.14. The van der Waals surface area contributed by atoms with Gasteiger partial charge in [0.2, 0.25) is 0 Å². The summed E-state index contributed by atoms with van der Waals surface area (Å²) < 4.78 is 16.3. The second-order valence-corrected chi connectivity index (χ2v) is 7.11. The molecule has 1 N–H and O–H groups in total. The highest BCUT2D eigenvalue weighted by Gasteiger charge is 2.14. The van der Waals surface area contributed by atoms with Crippen LogP contribution in [0.5, 0.6) is 17.2 Å². The minimum Gasteiger partial charge on any atom is -0.497 e. The summed E-state index contributed by atoms with van der Waals surface area (Å²) in [5.74, 6) is 1.77. The predicted octanol–water partition coefficient (Wildman–Crippen LogP) is 4.87. The lowest BCUT2D eigenvalue weighted by atomic mass is 10.2. The van der Waals surface area contributed by atoms with Gasteiger partial charge in [-0.2, -0.15) is 0 Å². The van der Waals surface area contributed by atoms with Crippen molar-refractivity contribution in [3.05, 3.63) is 53.5 Å². The Labute approximate surface area is 168 Å². The maximum atomic E-state index is 12.5. The van der Waals surface area contributed by atoms with Crippen molar-refractivity contribution in [2.24, 2.45) is 0 Å². The van der Waals surface area contributed by atoms with E-state index < -0.39 is 0 Å². The molecule has 0 aliphatic rings. The summed E-state index contributed by atoms with van der Waals surface area (Å²) in [7, 11) is 3.20. The molecule has 28 heavy (non-hydrogen) atoms. The number of carbonyl (C=O) groups is 1. The standard InChI is InChI=1S/C21H22N2O4S/c1-13(2)27-18-10-5-14(11-19(18)26-4)21-23-17(12-28-21)20(24)22-15-6-8-16(25-3)9-7-15/h5-13H,1-4H3,(H,22,24). The first-order valence-corrected chi connectivity index (χ1v) is 9.64. The van der Waals surface area contributed by atoms with E-state index in [1.165, 1.54) is 11.3 Å². The van der Waals surface area contributed by atoms with Crippen LogP contribution in [0.3, 0.4) is 0 Å². The summed E-state index contributed by atoms with van der Waals surface area (Å²) >= 11 is 1.40. The fraction of sp³-hybridized carbons (Fsp3) is 0.238. The van der Waals surface area contributed by atoms with E-state index in [-0.39, 0.29) is 12.0 Å². The molecule has 0 fully saturated rings. The van der Waals surface area contributed by atoms with E-state index in [0.717, 1.165) is 16.3 Å². The SMILES string of the molecule is COc1ccc(NC(=O)c2csc(-c3ccc(OC(C)C)c(OC)c3)n2)cc1. The molecule has 0 unspecified atom stereocenters. The third kappa shape index (κ3) is 4.61. The van der Waals surface area contributed by atoms with Gasteiger partial charge in [0, 0.05) is 16.6 Å². The van der Waals surface area contributed by atoms with Crippen molar-refractivity contribution < 1.29 is 19.0 Å². The Morgan fingerprint density at radius 2 is 1.79 bits per heavy atom. The van der Waals surface area contributed by atoms with Gasteiger partial charge in [-0.15, -0.1) is 11.3 Å². The average molecular weight is 398 g/mol. The van der Waals surface area contributed by atoms with Gasteiger partial charge in [0.15, 0.2) is 11.5 Å². The Hall–Kier alpha value is -3.06. The molecule has 3 aromatic rings. The molecular formula is C21H22N2O4S. The van der Waals surface area contributed by atoms with Gasteiger partial charge >= 0.3 is 0 Å². The highest BCUT2D eigenvalue weighted by molar-refractivity contribution is 7.13. The van der Waals surface area contributed by atoms with Crippen molar-refractivity contribution >= 4 is 22.9 Å². The van der Waals surface area contributed by atoms with Crippen molar-refractivity contribution in [1.82, 2.24) is 4.98 Å². The summed E-state index contributed by atoms with van der Waals surface area (Å²) in [6.07, 6.45) is 0.0489. The zero-order valence-electron chi connectivity index (χ0n) is 16.2. The molecule has 0 aliphatic heterocycles. The van der Waals surface area contributed by atoms with Crippen LogP contribution in [0.2, 0.25) is 0 Å². The molecular weight excluding hydrogens is 376 g/mol. The molecule has 0 radical (unpaired) electrons. The average Bonchev–Trinajstić information content (AvgIpc) is 3.19. The number of hydrogen-bond acceptors (Lipinski definition) is 6. The van der Waals surface area contributed by atoms with E-state index in [4.69, 9.17) is 14.2 Å². The smallest absolute Gasteiger partial charge is 0.275 e. The zero-order chi connectivity index (χ0) is 20.1. The molecule has 0 aliphatic carbocycles. The van der Waals surface area contributed by atoms with E-state index in [9.17, 15) is 4.79 Å². The number of anilines is 1. The third-order valence-electron chi connectivity index (χ3n) is 3.86. The molecule has 0 saturated heterocycles. The fourth-order valence-electron chi connectivity index (χ4n) is 2.53. The van der Waals surface area contributed by atoms with Crippen LogP contribution in [-0.2, 0) is 0 Å². The van der Waals surface area contributed by atoms with Crippen molar-refractivity contribution in [2.75, 3.05) is 19.5 Å². The molecule has 1 aromatic heterocycles. The van der Waals surface area contributed by atoms with Gasteiger partial charge in [0.05, 0.1) is 20.3 Å². The summed E-state index contributed by atoms with van der Waals surface area (Å²) in [6, 6.07) is 12.8. The van der Waals surface area contributed by atoms with Crippen LogP contribution in [-0.4, -0.2) is 31.2 Å². The monoisotopic (exact) mass is 398 g/mol. The maximum absolute atomic E-state index is 12.5. The van der Waals surface area contributed by atoms with Gasteiger partial charge in [-0.25, -0.2) is 4.98 Å². The van der Waals surface area contributed by atoms with Crippen molar-refractivity contribution in [3.63, 3.8) is 0 Å². The Kier molecular flexibility index (Phi) is 6.16. The molecule has 0 atom stereocenters. The van der Waals surface area contributed by atoms with E-state index in [2.05, 4.69) is 10.3 Å². The molecule has 2 aromatic carbocycles. The lowest BCUT2D eigenvalue weighted by Crippen LogP contribution is -2.12. The molecule has 1 amide bonds. The van der Waals surface area contributed by atoms with Crippen LogP contribution in [0.15, 0.2) is 47.8 Å². The highest BCUT2D eigenvalue weighted by Crippen LogP contribution is 2.34. The number of aromatic nitrogens is 1. The van der Waals surface area contributed by atoms with Gasteiger partial charge in [-0.1, -0.05) is 0 Å². The normalized spacial score (nSPS) is 10.6. The van der Waals surface area contributed by atoms with Crippen LogP contribution in [0.25, 0.3) is 10.6 Å². The topological polar surface area (TPSA) is 69.7 Å². The van der Waals surface area contributed by atoms with E-state index in [1.807, 2.05) is 32.0 Å². The summed E-state index contributed by atoms with van der Waals surface area (Å²) in [5.41, 5.74) is 1.90. The number of carbonyl (C=O) groups excluding carboxylic acids is 1. The minimum atomic E-state index is -0.264. The number of nitrogens with one attached hydrogen (secondary N) is 1. The van der Waals surface area contributed by atoms with Gasteiger partial charge in [-0.05, 0) is 56.3 Å². The molecule has 0 bridgehead atoms. The highest BCUT2D eigenvalue weighted by atomic mass is 32.1. The van der Waals surface area contributed by atoms with Crippen LogP contribution < -0.4 is 19.5 Å². The largest absolute Gasteiger partial charge is 0.497 e. The quantitative estimate of drug-likeness (QED) is 0.615. The number of rotatable bonds is 7. The second-order valence-electron chi connectivity index (χ2n) is 6.25. The summed E-state index contributed by atoms with van der Waals surface area (Å²) in [4.78, 5) is 16.9. The zero-order valence-corrected chi connectivity index (χ0v) is 17.0. The number of thiazole rings is 1. The van der Waals surface area contributed by atoms with Crippen molar-refractivity contribution in [1.29, 1.82) is 0 Å². The van der Waals surface area contributed by atoms with Gasteiger partial charge in [0.1, 0.15) is 16.5 Å². The molecule has 146 valence electrons. The lowest BCUT2D eigenvalue weighted by molar-refractivity contribution is 0.102. The Morgan fingerprint density at radius 1 is 1.04 bits per heavy atom. The van der Waals surface area contributed by atoms with Crippen molar-refractivity contribution in [2.45, 2.75) is 20.0 Å². The first-order chi connectivity index (χ1) is 13.5. The molecule has 7 heteroatoms. The van der Waals surface area contributed by atoms with Gasteiger partial charge in [-0.3, -0.25) is 4.79 Å². The first kappa shape index (κ1) is 19.7. The van der Waals surface area contributed by atoms with Gasteiger partial charge in [0.25, 0.3) is 5.91 Å².